The van der Waals surface area contributed by atoms with Crippen LogP contribution in [0, 0.1) is 6.92 Å². The van der Waals surface area contributed by atoms with Crippen molar-refractivity contribution in [3.8, 4) is 5.75 Å². The summed E-state index contributed by atoms with van der Waals surface area (Å²) in [6, 6.07) is 9.59. The van der Waals surface area contributed by atoms with Crippen molar-refractivity contribution in [1.82, 2.24) is 14.8 Å². The van der Waals surface area contributed by atoms with Crippen LogP contribution in [0.15, 0.2) is 35.5 Å². The number of nitrogens with one attached hydrogen (secondary N) is 1. The SMILES string of the molecule is CCOC(=O)c1cc(CC)sc1NC(=O)CSc1nnc(COc2ccc(C)cc2)n1CC. The maximum atomic E-state index is 12.6. The Balaban J connectivity index is 1.61. The Morgan fingerprint density at radius 3 is 2.58 bits per heavy atom. The van der Waals surface area contributed by atoms with E-state index in [1.54, 1.807) is 13.0 Å². The number of hydrogen-bond acceptors (Lipinski definition) is 8. The quantitative estimate of drug-likeness (QED) is 0.308. The number of aryl methyl sites for hydroxylation is 2. The summed E-state index contributed by atoms with van der Waals surface area (Å²) in [5, 5.41) is 12.5. The monoisotopic (exact) mass is 488 g/mol. The molecular weight excluding hydrogens is 460 g/mol. The van der Waals surface area contributed by atoms with Gasteiger partial charge in [0, 0.05) is 11.4 Å². The highest BCUT2D eigenvalue weighted by atomic mass is 32.2. The summed E-state index contributed by atoms with van der Waals surface area (Å²) in [7, 11) is 0. The number of thioether (sulfide) groups is 1. The van der Waals surface area contributed by atoms with Crippen LogP contribution in [0.25, 0.3) is 0 Å². The number of thiophene rings is 1. The first kappa shape index (κ1) is 24.8. The number of carbonyl (C=O) groups is 2. The van der Waals surface area contributed by atoms with Gasteiger partial charge in [-0.1, -0.05) is 36.4 Å². The van der Waals surface area contributed by atoms with Crippen molar-refractivity contribution in [1.29, 1.82) is 0 Å². The Morgan fingerprint density at radius 2 is 1.91 bits per heavy atom. The van der Waals surface area contributed by atoms with Gasteiger partial charge in [0.2, 0.25) is 5.91 Å². The third kappa shape index (κ3) is 6.58. The molecule has 0 radical (unpaired) electrons. The molecule has 0 unspecified atom stereocenters. The number of benzene rings is 1. The molecule has 0 aliphatic carbocycles. The van der Waals surface area contributed by atoms with Crippen LogP contribution < -0.4 is 10.1 Å². The standard InChI is InChI=1S/C23H28N4O4S2/c1-5-17-12-18(22(29)30-7-3)21(33-17)24-20(28)14-32-23-26-25-19(27(23)6-2)13-31-16-10-8-15(4)9-11-16/h8-12H,5-7,13-14H2,1-4H3,(H,24,28). The highest BCUT2D eigenvalue weighted by Crippen LogP contribution is 2.30. The minimum absolute atomic E-state index is 0.137. The van der Waals surface area contributed by atoms with Crippen LogP contribution in [0.1, 0.15) is 47.4 Å². The van der Waals surface area contributed by atoms with Gasteiger partial charge < -0.3 is 19.4 Å². The summed E-state index contributed by atoms with van der Waals surface area (Å²) >= 11 is 2.68. The molecule has 0 bridgehead atoms. The highest BCUT2D eigenvalue weighted by Gasteiger charge is 2.19. The maximum Gasteiger partial charge on any atom is 0.341 e. The number of anilines is 1. The fraction of sp³-hybridized carbons (Fsp3) is 0.391. The third-order valence-electron chi connectivity index (χ3n) is 4.71. The molecule has 0 saturated carbocycles. The largest absolute Gasteiger partial charge is 0.486 e. The third-order valence-corrected chi connectivity index (χ3v) is 6.87. The van der Waals surface area contributed by atoms with Crippen LogP contribution in [-0.4, -0.2) is 39.0 Å². The first-order valence-corrected chi connectivity index (χ1v) is 12.6. The molecule has 33 heavy (non-hydrogen) atoms. The normalized spacial score (nSPS) is 10.8. The van der Waals surface area contributed by atoms with Crippen LogP contribution in [0.2, 0.25) is 0 Å². The van der Waals surface area contributed by atoms with Gasteiger partial charge in [-0.15, -0.1) is 21.5 Å². The van der Waals surface area contributed by atoms with Gasteiger partial charge in [0.05, 0.1) is 17.9 Å². The van der Waals surface area contributed by atoms with E-state index in [4.69, 9.17) is 9.47 Å². The van der Waals surface area contributed by atoms with Gasteiger partial charge in [0.15, 0.2) is 11.0 Å². The van der Waals surface area contributed by atoms with Gasteiger partial charge in [-0.05, 0) is 45.4 Å². The Bertz CT molecular complexity index is 1090. The van der Waals surface area contributed by atoms with Gasteiger partial charge in [-0.3, -0.25) is 4.79 Å². The van der Waals surface area contributed by atoms with Crippen molar-refractivity contribution < 1.29 is 19.1 Å². The molecule has 8 nitrogen and oxygen atoms in total. The predicted octanol–water partition coefficient (Wildman–Crippen LogP) is 4.72. The van der Waals surface area contributed by atoms with Crippen molar-refractivity contribution in [3.05, 3.63) is 52.2 Å². The van der Waals surface area contributed by atoms with Crippen LogP contribution in [0.5, 0.6) is 5.75 Å². The molecule has 0 atom stereocenters. The average Bonchev–Trinajstić information content (AvgIpc) is 3.40. The van der Waals surface area contributed by atoms with E-state index in [1.165, 1.54) is 28.7 Å². The van der Waals surface area contributed by atoms with Crippen LogP contribution in [-0.2, 0) is 29.1 Å². The molecule has 3 rings (SSSR count). The zero-order chi connectivity index (χ0) is 23.8. The summed E-state index contributed by atoms with van der Waals surface area (Å²) < 4.78 is 12.9. The summed E-state index contributed by atoms with van der Waals surface area (Å²) in [6.07, 6.45) is 0.773. The van der Waals surface area contributed by atoms with Gasteiger partial charge in [-0.25, -0.2) is 4.79 Å². The maximum absolute atomic E-state index is 12.6. The number of ether oxygens (including phenoxy) is 2. The topological polar surface area (TPSA) is 95.3 Å². The highest BCUT2D eigenvalue weighted by molar-refractivity contribution is 7.99. The van der Waals surface area contributed by atoms with Gasteiger partial charge in [0.25, 0.3) is 0 Å². The van der Waals surface area contributed by atoms with E-state index in [2.05, 4.69) is 15.5 Å². The Hall–Kier alpha value is -2.85. The number of nitrogens with zero attached hydrogens (tertiary/aromatic N) is 3. The molecule has 176 valence electrons. The van der Waals surface area contributed by atoms with Crippen molar-refractivity contribution in [2.45, 2.75) is 52.4 Å². The lowest BCUT2D eigenvalue weighted by molar-refractivity contribution is -0.113. The number of rotatable bonds is 11. The first-order valence-electron chi connectivity index (χ1n) is 10.8. The Morgan fingerprint density at radius 1 is 1.15 bits per heavy atom. The zero-order valence-corrected chi connectivity index (χ0v) is 20.8. The number of carbonyl (C=O) groups excluding carboxylic acids is 2. The predicted molar refractivity (Wildman–Crippen MR) is 130 cm³/mol. The lowest BCUT2D eigenvalue weighted by Gasteiger charge is -2.09. The van der Waals surface area contributed by atoms with E-state index in [-0.39, 0.29) is 24.9 Å². The van der Waals surface area contributed by atoms with Gasteiger partial charge in [-0.2, -0.15) is 0 Å². The fourth-order valence-electron chi connectivity index (χ4n) is 3.00. The molecule has 3 aromatic rings. The summed E-state index contributed by atoms with van der Waals surface area (Å²) in [5.74, 6) is 0.938. The minimum Gasteiger partial charge on any atom is -0.486 e. The van der Waals surface area contributed by atoms with E-state index < -0.39 is 5.97 Å². The molecule has 2 heterocycles. The average molecular weight is 489 g/mol. The van der Waals surface area contributed by atoms with E-state index in [9.17, 15) is 9.59 Å². The molecule has 0 spiro atoms. The van der Waals surface area contributed by atoms with Crippen molar-refractivity contribution >= 4 is 40.0 Å². The van der Waals surface area contributed by atoms with E-state index >= 15 is 0 Å². The molecule has 0 saturated heterocycles. The molecule has 0 aliphatic heterocycles. The number of esters is 1. The van der Waals surface area contributed by atoms with E-state index in [1.807, 2.05) is 49.6 Å². The van der Waals surface area contributed by atoms with E-state index in [0.717, 1.165) is 17.0 Å². The Labute approximate surface area is 201 Å². The number of amides is 1. The molecule has 0 aliphatic rings. The van der Waals surface area contributed by atoms with Gasteiger partial charge in [0.1, 0.15) is 17.4 Å². The van der Waals surface area contributed by atoms with Crippen molar-refractivity contribution in [2.75, 3.05) is 17.7 Å². The molecule has 1 aromatic carbocycles. The molecule has 0 fully saturated rings. The van der Waals surface area contributed by atoms with E-state index in [0.29, 0.717) is 28.1 Å². The molecule has 1 N–H and O–H groups in total. The smallest absolute Gasteiger partial charge is 0.341 e. The van der Waals surface area contributed by atoms with Crippen LogP contribution >= 0.6 is 23.1 Å². The number of hydrogen-bond donors (Lipinski definition) is 1. The zero-order valence-electron chi connectivity index (χ0n) is 19.2. The van der Waals surface area contributed by atoms with Gasteiger partial charge >= 0.3 is 5.97 Å². The fourth-order valence-corrected chi connectivity index (χ4v) is 4.82. The summed E-state index contributed by atoms with van der Waals surface area (Å²) in [6.45, 7) is 8.99. The summed E-state index contributed by atoms with van der Waals surface area (Å²) in [5.41, 5.74) is 1.56. The first-order chi connectivity index (χ1) is 15.9. The molecule has 2 aromatic heterocycles. The molecular formula is C23H28N4O4S2. The minimum atomic E-state index is -0.430. The molecule has 1 amide bonds. The second-order valence-electron chi connectivity index (χ2n) is 7.11. The van der Waals surface area contributed by atoms with Crippen molar-refractivity contribution in [2.24, 2.45) is 0 Å². The number of aromatic nitrogens is 3. The second-order valence-corrected chi connectivity index (χ2v) is 9.19. The van der Waals surface area contributed by atoms with Crippen molar-refractivity contribution in [3.63, 3.8) is 0 Å². The van der Waals surface area contributed by atoms with Crippen LogP contribution in [0.4, 0.5) is 5.00 Å². The Kier molecular flexibility index (Phi) is 8.90. The van der Waals surface area contributed by atoms with Crippen LogP contribution in [0.3, 0.4) is 0 Å². The second kappa shape index (κ2) is 11.9. The molecule has 10 heteroatoms. The lowest BCUT2D eigenvalue weighted by Crippen LogP contribution is -2.16. The summed E-state index contributed by atoms with van der Waals surface area (Å²) in [4.78, 5) is 25.8. The lowest BCUT2D eigenvalue weighted by atomic mass is 10.2.